The van der Waals surface area contributed by atoms with E-state index >= 15 is 0 Å². The van der Waals surface area contributed by atoms with Gasteiger partial charge < -0.3 is 14.8 Å². The number of aromatic nitrogens is 3. The lowest BCUT2D eigenvalue weighted by Gasteiger charge is -2.35. The summed E-state index contributed by atoms with van der Waals surface area (Å²) < 4.78 is 2.37. The molecule has 1 saturated carbocycles. The number of carbonyl (C=O) groups excluding carboxylic acids is 2. The molecule has 2 amide bonds. The fourth-order valence-electron chi connectivity index (χ4n) is 5.42. The summed E-state index contributed by atoms with van der Waals surface area (Å²) in [6.45, 7) is 1.45. The number of benzene rings is 1. The van der Waals surface area contributed by atoms with Crippen molar-refractivity contribution in [1.29, 1.82) is 0 Å². The van der Waals surface area contributed by atoms with E-state index in [9.17, 15) is 9.59 Å². The molecule has 1 unspecified atom stereocenters. The molecule has 4 heterocycles. The number of amides is 2. The van der Waals surface area contributed by atoms with Gasteiger partial charge in [-0.3, -0.25) is 9.59 Å². The first-order valence-corrected chi connectivity index (χ1v) is 11.7. The van der Waals surface area contributed by atoms with E-state index in [1.165, 1.54) is 25.1 Å². The van der Waals surface area contributed by atoms with Crippen LogP contribution >= 0.6 is 0 Å². The SMILES string of the molecule is O=C1NC(CC(=O)N2CCC(n3c(C4CCC4)nc4cccnc43)CC2)c2ccccc21. The molecule has 0 bridgehead atoms. The number of likely N-dealkylation sites (tertiary alicyclic amines) is 1. The predicted octanol–water partition coefficient (Wildman–Crippen LogP) is 3.74. The highest BCUT2D eigenvalue weighted by molar-refractivity contribution is 5.99. The Morgan fingerprint density at radius 3 is 2.66 bits per heavy atom. The van der Waals surface area contributed by atoms with E-state index in [4.69, 9.17) is 4.98 Å². The van der Waals surface area contributed by atoms with Gasteiger partial charge in [-0.05, 0) is 49.4 Å². The molecule has 1 aromatic carbocycles. The van der Waals surface area contributed by atoms with Crippen LogP contribution < -0.4 is 5.32 Å². The molecule has 0 spiro atoms. The van der Waals surface area contributed by atoms with Crippen LogP contribution in [0, 0.1) is 0 Å². The van der Waals surface area contributed by atoms with Gasteiger partial charge in [0.25, 0.3) is 5.91 Å². The maximum Gasteiger partial charge on any atom is 0.252 e. The topological polar surface area (TPSA) is 80.1 Å². The predicted molar refractivity (Wildman–Crippen MR) is 120 cm³/mol. The first-order valence-electron chi connectivity index (χ1n) is 11.7. The van der Waals surface area contributed by atoms with Crippen LogP contribution in [0.5, 0.6) is 0 Å². The van der Waals surface area contributed by atoms with Crippen molar-refractivity contribution in [2.45, 2.75) is 56.5 Å². The molecule has 2 aliphatic heterocycles. The normalized spacial score (nSPS) is 21.4. The van der Waals surface area contributed by atoms with E-state index in [-0.39, 0.29) is 17.9 Å². The van der Waals surface area contributed by atoms with E-state index < -0.39 is 0 Å². The van der Waals surface area contributed by atoms with Gasteiger partial charge in [0.15, 0.2) is 5.65 Å². The molecule has 6 rings (SSSR count). The van der Waals surface area contributed by atoms with Gasteiger partial charge in [0.1, 0.15) is 11.3 Å². The Balaban J connectivity index is 1.16. The van der Waals surface area contributed by atoms with Gasteiger partial charge in [0, 0.05) is 36.8 Å². The Hall–Kier alpha value is -3.22. The van der Waals surface area contributed by atoms with E-state index in [1.807, 2.05) is 47.5 Å². The molecule has 3 aromatic rings. The van der Waals surface area contributed by atoms with Crippen molar-refractivity contribution >= 4 is 23.0 Å². The second-order valence-corrected chi connectivity index (χ2v) is 9.24. The molecule has 7 heteroatoms. The number of rotatable bonds is 4. The summed E-state index contributed by atoms with van der Waals surface area (Å²) in [6, 6.07) is 11.6. The van der Waals surface area contributed by atoms with E-state index in [2.05, 4.69) is 14.9 Å². The molecule has 3 aliphatic rings. The summed E-state index contributed by atoms with van der Waals surface area (Å²) in [6.07, 6.45) is 7.65. The average Bonchev–Trinajstić information content (AvgIpc) is 3.30. The van der Waals surface area contributed by atoms with Gasteiger partial charge in [-0.15, -0.1) is 0 Å². The monoisotopic (exact) mass is 429 g/mol. The summed E-state index contributed by atoms with van der Waals surface area (Å²) in [4.78, 5) is 36.8. The van der Waals surface area contributed by atoms with Crippen LogP contribution in [-0.2, 0) is 4.79 Å². The molecule has 164 valence electrons. The highest BCUT2D eigenvalue weighted by Crippen LogP contribution is 2.40. The zero-order valence-electron chi connectivity index (χ0n) is 18.0. The number of fused-ring (bicyclic) bond motifs is 2. The number of pyridine rings is 1. The maximum atomic E-state index is 13.0. The van der Waals surface area contributed by atoms with Crippen molar-refractivity contribution in [3.8, 4) is 0 Å². The van der Waals surface area contributed by atoms with Crippen molar-refractivity contribution < 1.29 is 9.59 Å². The lowest BCUT2D eigenvalue weighted by Crippen LogP contribution is -2.40. The van der Waals surface area contributed by atoms with Crippen LogP contribution in [0.25, 0.3) is 11.2 Å². The van der Waals surface area contributed by atoms with Gasteiger partial charge in [0.05, 0.1) is 12.5 Å². The second-order valence-electron chi connectivity index (χ2n) is 9.24. The Morgan fingerprint density at radius 2 is 1.88 bits per heavy atom. The Labute approximate surface area is 186 Å². The number of nitrogens with zero attached hydrogens (tertiary/aromatic N) is 4. The fraction of sp³-hybridized carbons (Fsp3) is 0.440. The largest absolute Gasteiger partial charge is 0.345 e. The molecule has 2 fully saturated rings. The first kappa shape index (κ1) is 19.5. The minimum absolute atomic E-state index is 0.0832. The zero-order valence-corrected chi connectivity index (χ0v) is 18.0. The third kappa shape index (κ3) is 3.18. The van der Waals surface area contributed by atoms with E-state index in [0.29, 0.717) is 23.9 Å². The van der Waals surface area contributed by atoms with Crippen molar-refractivity contribution in [1.82, 2.24) is 24.8 Å². The Kier molecular flexibility index (Phi) is 4.70. The fourth-order valence-corrected chi connectivity index (χ4v) is 5.42. The Bertz CT molecular complexity index is 1190. The van der Waals surface area contributed by atoms with Crippen molar-refractivity contribution in [3.05, 3.63) is 59.5 Å². The van der Waals surface area contributed by atoms with Gasteiger partial charge in [-0.2, -0.15) is 0 Å². The summed E-state index contributed by atoms with van der Waals surface area (Å²) in [5, 5.41) is 2.97. The summed E-state index contributed by atoms with van der Waals surface area (Å²) in [5.41, 5.74) is 3.57. The molecule has 0 radical (unpaired) electrons. The van der Waals surface area contributed by atoms with Gasteiger partial charge >= 0.3 is 0 Å². The van der Waals surface area contributed by atoms with Crippen LogP contribution in [-0.4, -0.2) is 44.3 Å². The number of imidazole rings is 1. The van der Waals surface area contributed by atoms with Gasteiger partial charge in [-0.1, -0.05) is 24.6 Å². The van der Waals surface area contributed by atoms with E-state index in [0.717, 1.165) is 42.7 Å². The number of nitrogens with one attached hydrogen (secondary N) is 1. The molecular weight excluding hydrogens is 402 g/mol. The first-order chi connectivity index (χ1) is 15.7. The summed E-state index contributed by atoms with van der Waals surface area (Å²) in [5.74, 6) is 1.74. The third-order valence-corrected chi connectivity index (χ3v) is 7.39. The highest BCUT2D eigenvalue weighted by atomic mass is 16.2. The maximum absolute atomic E-state index is 13.0. The number of carbonyl (C=O) groups is 2. The molecule has 32 heavy (non-hydrogen) atoms. The van der Waals surface area contributed by atoms with Crippen LogP contribution in [0.15, 0.2) is 42.6 Å². The van der Waals surface area contributed by atoms with Crippen LogP contribution in [0.2, 0.25) is 0 Å². The standard InChI is InChI=1S/C25H27N5O2/c31-22(15-21-18-7-1-2-8-19(18)25(32)28-21)29-13-10-17(11-14-29)30-23(16-5-3-6-16)27-20-9-4-12-26-24(20)30/h1-2,4,7-9,12,16-17,21H,3,5-6,10-11,13-15H2,(H,28,32). The Morgan fingerprint density at radius 1 is 1.06 bits per heavy atom. The van der Waals surface area contributed by atoms with Crippen LogP contribution in [0.4, 0.5) is 0 Å². The van der Waals surface area contributed by atoms with Crippen molar-refractivity contribution in [2.24, 2.45) is 0 Å². The molecule has 1 saturated heterocycles. The smallest absolute Gasteiger partial charge is 0.252 e. The quantitative estimate of drug-likeness (QED) is 0.685. The highest BCUT2D eigenvalue weighted by Gasteiger charge is 2.34. The third-order valence-electron chi connectivity index (χ3n) is 7.39. The van der Waals surface area contributed by atoms with Crippen LogP contribution in [0.1, 0.15) is 78.3 Å². The summed E-state index contributed by atoms with van der Waals surface area (Å²) in [7, 11) is 0. The minimum atomic E-state index is -0.226. The minimum Gasteiger partial charge on any atom is -0.345 e. The number of piperidine rings is 1. The molecule has 1 aliphatic carbocycles. The van der Waals surface area contributed by atoms with Crippen molar-refractivity contribution in [2.75, 3.05) is 13.1 Å². The molecular formula is C25H27N5O2. The van der Waals surface area contributed by atoms with E-state index in [1.54, 1.807) is 0 Å². The number of hydrogen-bond donors (Lipinski definition) is 1. The molecule has 7 nitrogen and oxygen atoms in total. The molecule has 2 aromatic heterocycles. The van der Waals surface area contributed by atoms with Crippen LogP contribution in [0.3, 0.4) is 0 Å². The zero-order chi connectivity index (χ0) is 21.7. The second kappa shape index (κ2) is 7.73. The van der Waals surface area contributed by atoms with Gasteiger partial charge in [-0.25, -0.2) is 9.97 Å². The van der Waals surface area contributed by atoms with Gasteiger partial charge in [0.2, 0.25) is 5.91 Å². The summed E-state index contributed by atoms with van der Waals surface area (Å²) >= 11 is 0. The lowest BCUT2D eigenvalue weighted by molar-refractivity contribution is -0.133. The lowest BCUT2D eigenvalue weighted by atomic mass is 9.84. The van der Waals surface area contributed by atoms with Crippen molar-refractivity contribution in [3.63, 3.8) is 0 Å². The molecule has 1 atom stereocenters. The molecule has 1 N–H and O–H groups in total. The average molecular weight is 430 g/mol. The number of hydrogen-bond acceptors (Lipinski definition) is 4.